The number of rotatable bonds is 2. The summed E-state index contributed by atoms with van der Waals surface area (Å²) in [6, 6.07) is 8.98. The molecule has 4 heteroatoms. The maximum Gasteiger partial charge on any atom is 0.416 e. The Morgan fingerprint density at radius 1 is 0.947 bits per heavy atom. The van der Waals surface area contributed by atoms with E-state index >= 15 is 0 Å². The molecular formula is C15H12F3N. The second-order valence-corrected chi connectivity index (χ2v) is 4.83. The fraction of sp³-hybridized carbons (Fsp3) is 0.267. The number of hydrogen-bond donors (Lipinski definition) is 0. The zero-order valence-electron chi connectivity index (χ0n) is 10.1. The number of hydrogen-bond acceptors (Lipinski definition) is 1. The number of alkyl halides is 3. The lowest BCUT2D eigenvalue weighted by Crippen LogP contribution is -2.04. The first kappa shape index (κ1) is 12.2. The molecule has 1 heterocycles. The van der Waals surface area contributed by atoms with Crippen molar-refractivity contribution in [2.75, 3.05) is 0 Å². The summed E-state index contributed by atoms with van der Waals surface area (Å²) in [6.07, 6.45) is -0.0466. The molecule has 3 rings (SSSR count). The predicted molar refractivity (Wildman–Crippen MR) is 66.7 cm³/mol. The van der Waals surface area contributed by atoms with Gasteiger partial charge in [0, 0.05) is 11.8 Å². The van der Waals surface area contributed by atoms with Crippen LogP contribution in [-0.2, 0) is 6.18 Å². The van der Waals surface area contributed by atoms with E-state index in [4.69, 9.17) is 0 Å². The number of aromatic nitrogens is 1. The van der Waals surface area contributed by atoms with Gasteiger partial charge in [0.05, 0.1) is 11.3 Å². The minimum atomic E-state index is -4.29. The van der Waals surface area contributed by atoms with Crippen molar-refractivity contribution in [2.45, 2.75) is 24.9 Å². The zero-order valence-corrected chi connectivity index (χ0v) is 10.1. The predicted octanol–water partition coefficient (Wildman–Crippen LogP) is 4.64. The van der Waals surface area contributed by atoms with E-state index in [1.165, 1.54) is 30.5 Å². The lowest BCUT2D eigenvalue weighted by atomic mass is 10.1. The van der Waals surface area contributed by atoms with E-state index in [-0.39, 0.29) is 0 Å². The summed E-state index contributed by atoms with van der Waals surface area (Å²) in [5.41, 5.74) is 2.00. The fourth-order valence-corrected chi connectivity index (χ4v) is 2.06. The van der Waals surface area contributed by atoms with Crippen molar-refractivity contribution in [2.24, 2.45) is 0 Å². The summed E-state index contributed by atoms with van der Waals surface area (Å²) < 4.78 is 37.4. The Balaban J connectivity index is 1.85. The molecule has 2 aromatic rings. The van der Waals surface area contributed by atoms with E-state index in [1.54, 1.807) is 0 Å². The van der Waals surface area contributed by atoms with Crippen LogP contribution in [0.25, 0.3) is 11.3 Å². The monoisotopic (exact) mass is 263 g/mol. The van der Waals surface area contributed by atoms with Crippen LogP contribution in [0, 0.1) is 0 Å². The molecule has 0 spiro atoms. The van der Waals surface area contributed by atoms with Gasteiger partial charge in [0.1, 0.15) is 0 Å². The van der Waals surface area contributed by atoms with E-state index in [0.29, 0.717) is 17.2 Å². The van der Waals surface area contributed by atoms with Gasteiger partial charge >= 0.3 is 6.18 Å². The third kappa shape index (κ3) is 2.62. The number of benzene rings is 1. The molecule has 1 aliphatic carbocycles. The van der Waals surface area contributed by atoms with Crippen molar-refractivity contribution >= 4 is 0 Å². The van der Waals surface area contributed by atoms with E-state index in [1.807, 2.05) is 18.3 Å². The molecule has 0 aliphatic heterocycles. The van der Waals surface area contributed by atoms with Crippen LogP contribution < -0.4 is 0 Å². The minimum absolute atomic E-state index is 0.633. The van der Waals surface area contributed by atoms with E-state index < -0.39 is 11.7 Å². The van der Waals surface area contributed by atoms with Crippen molar-refractivity contribution in [1.29, 1.82) is 0 Å². The average molecular weight is 263 g/mol. The lowest BCUT2D eigenvalue weighted by molar-refractivity contribution is -0.137. The van der Waals surface area contributed by atoms with Gasteiger partial charge in [0.15, 0.2) is 0 Å². The van der Waals surface area contributed by atoms with Crippen LogP contribution in [0.1, 0.15) is 29.9 Å². The Bertz CT molecular complexity index is 566. The molecule has 0 N–H and O–H groups in total. The molecule has 0 atom stereocenters. The molecule has 1 nitrogen and oxygen atoms in total. The molecule has 1 fully saturated rings. The highest BCUT2D eigenvalue weighted by Gasteiger charge is 2.30. The van der Waals surface area contributed by atoms with Crippen LogP contribution >= 0.6 is 0 Å². The molecule has 1 aromatic carbocycles. The molecule has 1 aliphatic rings. The highest BCUT2D eigenvalue weighted by Crippen LogP contribution is 2.40. The molecule has 1 saturated carbocycles. The molecule has 0 amide bonds. The SMILES string of the molecule is FC(F)(F)c1ccc(-c2ccc(C3CC3)cn2)cc1. The molecule has 0 bridgehead atoms. The average Bonchev–Trinajstić information content (AvgIpc) is 3.22. The maximum absolute atomic E-state index is 12.5. The Labute approximate surface area is 109 Å². The van der Waals surface area contributed by atoms with Crippen molar-refractivity contribution in [3.05, 3.63) is 53.7 Å². The summed E-state index contributed by atoms with van der Waals surface area (Å²) >= 11 is 0. The van der Waals surface area contributed by atoms with E-state index in [0.717, 1.165) is 12.1 Å². The van der Waals surface area contributed by atoms with Crippen molar-refractivity contribution in [3.63, 3.8) is 0 Å². The van der Waals surface area contributed by atoms with Crippen molar-refractivity contribution in [3.8, 4) is 11.3 Å². The topological polar surface area (TPSA) is 12.9 Å². The van der Waals surface area contributed by atoms with Crippen LogP contribution in [-0.4, -0.2) is 4.98 Å². The minimum Gasteiger partial charge on any atom is -0.256 e. The summed E-state index contributed by atoms with van der Waals surface area (Å²) in [7, 11) is 0. The molecule has 0 saturated heterocycles. The number of nitrogens with zero attached hydrogens (tertiary/aromatic N) is 1. The first-order valence-electron chi connectivity index (χ1n) is 6.17. The molecule has 98 valence electrons. The number of pyridine rings is 1. The molecule has 1 aromatic heterocycles. The Morgan fingerprint density at radius 2 is 1.63 bits per heavy atom. The fourth-order valence-electron chi connectivity index (χ4n) is 2.06. The Hall–Kier alpha value is -1.84. The molecule has 0 unspecified atom stereocenters. The Morgan fingerprint density at radius 3 is 2.11 bits per heavy atom. The third-order valence-electron chi connectivity index (χ3n) is 3.34. The maximum atomic E-state index is 12.5. The summed E-state index contributed by atoms with van der Waals surface area (Å²) in [4.78, 5) is 4.32. The lowest BCUT2D eigenvalue weighted by Gasteiger charge is -2.07. The van der Waals surface area contributed by atoms with Gasteiger partial charge in [-0.1, -0.05) is 18.2 Å². The quantitative estimate of drug-likeness (QED) is 0.768. The molecule has 19 heavy (non-hydrogen) atoms. The van der Waals surface area contributed by atoms with Crippen LogP contribution in [0.2, 0.25) is 0 Å². The van der Waals surface area contributed by atoms with Crippen molar-refractivity contribution < 1.29 is 13.2 Å². The van der Waals surface area contributed by atoms with Gasteiger partial charge in [-0.05, 0) is 42.5 Å². The third-order valence-corrected chi connectivity index (χ3v) is 3.34. The summed E-state index contributed by atoms with van der Waals surface area (Å²) in [6.45, 7) is 0. The van der Waals surface area contributed by atoms with Crippen LogP contribution in [0.15, 0.2) is 42.6 Å². The standard InChI is InChI=1S/C15H12F3N/c16-15(17,18)13-6-3-11(4-7-13)14-8-5-12(9-19-14)10-1-2-10/h3-10H,1-2H2. The second-order valence-electron chi connectivity index (χ2n) is 4.83. The smallest absolute Gasteiger partial charge is 0.256 e. The van der Waals surface area contributed by atoms with Gasteiger partial charge in [-0.15, -0.1) is 0 Å². The second kappa shape index (κ2) is 4.37. The normalized spacial score (nSPS) is 15.5. The van der Waals surface area contributed by atoms with Gasteiger partial charge in [-0.25, -0.2) is 0 Å². The summed E-state index contributed by atoms with van der Waals surface area (Å²) in [5.74, 6) is 0.633. The van der Waals surface area contributed by atoms with Gasteiger partial charge in [0.2, 0.25) is 0 Å². The van der Waals surface area contributed by atoms with Gasteiger partial charge < -0.3 is 0 Å². The van der Waals surface area contributed by atoms with Gasteiger partial charge in [-0.3, -0.25) is 4.98 Å². The van der Waals surface area contributed by atoms with Crippen LogP contribution in [0.5, 0.6) is 0 Å². The van der Waals surface area contributed by atoms with Gasteiger partial charge in [-0.2, -0.15) is 13.2 Å². The molecule has 0 radical (unpaired) electrons. The molecular weight excluding hydrogens is 251 g/mol. The van der Waals surface area contributed by atoms with Crippen molar-refractivity contribution in [1.82, 2.24) is 4.98 Å². The van der Waals surface area contributed by atoms with E-state index in [2.05, 4.69) is 4.98 Å². The van der Waals surface area contributed by atoms with E-state index in [9.17, 15) is 13.2 Å². The highest BCUT2D eigenvalue weighted by molar-refractivity contribution is 5.59. The van der Waals surface area contributed by atoms with Crippen LogP contribution in [0.4, 0.5) is 13.2 Å². The zero-order chi connectivity index (χ0) is 13.5. The Kier molecular flexibility index (Phi) is 2.81. The number of halogens is 3. The van der Waals surface area contributed by atoms with Crippen LogP contribution in [0.3, 0.4) is 0 Å². The first-order chi connectivity index (χ1) is 9.04. The van der Waals surface area contributed by atoms with Gasteiger partial charge in [0.25, 0.3) is 0 Å². The largest absolute Gasteiger partial charge is 0.416 e. The summed E-state index contributed by atoms with van der Waals surface area (Å²) in [5, 5.41) is 0. The highest BCUT2D eigenvalue weighted by atomic mass is 19.4. The first-order valence-corrected chi connectivity index (χ1v) is 6.17.